The summed E-state index contributed by atoms with van der Waals surface area (Å²) in [6.45, 7) is 6.33. The number of aryl methyl sites for hydroxylation is 1. The molecule has 1 saturated carbocycles. The number of hydrogen-bond acceptors (Lipinski definition) is 4. The van der Waals surface area contributed by atoms with E-state index in [4.69, 9.17) is 0 Å². The minimum atomic E-state index is -4.27. The van der Waals surface area contributed by atoms with E-state index in [2.05, 4.69) is 13.8 Å². The highest BCUT2D eigenvalue weighted by atomic mass is 32.2. The van der Waals surface area contributed by atoms with Crippen LogP contribution in [0.25, 0.3) is 0 Å². The molecule has 166 valence electrons. The van der Waals surface area contributed by atoms with E-state index in [0.29, 0.717) is 22.6 Å². The minimum Gasteiger partial charge on any atom is -0.744 e. The Morgan fingerprint density at radius 1 is 1.00 bits per heavy atom. The Labute approximate surface area is 181 Å². The third-order valence-corrected chi connectivity index (χ3v) is 8.56. The number of rotatable bonds is 10. The lowest BCUT2D eigenvalue weighted by Gasteiger charge is -2.20. The average Bonchev–Trinajstić information content (AvgIpc) is 2.70. The normalized spacial score (nSPS) is 15.1. The third kappa shape index (κ3) is 11.2. The second kappa shape index (κ2) is 14.2. The van der Waals surface area contributed by atoms with E-state index < -0.39 is 10.1 Å². The van der Waals surface area contributed by atoms with E-state index in [0.717, 1.165) is 11.3 Å². The Morgan fingerprint density at radius 2 is 1.52 bits per heavy atom. The van der Waals surface area contributed by atoms with Gasteiger partial charge in [0.2, 0.25) is 0 Å². The van der Waals surface area contributed by atoms with Gasteiger partial charge in [-0.25, -0.2) is 8.42 Å². The lowest BCUT2D eigenvalue weighted by Crippen LogP contribution is -2.28. The van der Waals surface area contributed by atoms with Crippen LogP contribution in [0.2, 0.25) is 0 Å². The van der Waals surface area contributed by atoms with Crippen LogP contribution in [0, 0.1) is 12.8 Å². The van der Waals surface area contributed by atoms with E-state index >= 15 is 0 Å². The van der Waals surface area contributed by atoms with Crippen LogP contribution in [0.1, 0.15) is 77.2 Å². The van der Waals surface area contributed by atoms with E-state index in [1.165, 1.54) is 81.4 Å². The Morgan fingerprint density at radius 3 is 1.97 bits per heavy atom. The molecule has 0 saturated heterocycles. The zero-order valence-electron chi connectivity index (χ0n) is 18.3. The first-order valence-corrected chi connectivity index (χ1v) is 14.1. The molecule has 0 N–H and O–H groups in total. The molecular formula is C23H38O4S2. The van der Waals surface area contributed by atoms with Crippen LogP contribution in [-0.2, 0) is 25.8 Å². The molecule has 0 aliphatic heterocycles. The maximum absolute atomic E-state index is 12.3. The van der Waals surface area contributed by atoms with Crippen molar-refractivity contribution < 1.29 is 17.8 Å². The molecule has 0 heterocycles. The standard InChI is InChI=1S/C16H31OS.C7H8O3S/c1-3-5-12-18(13-6-4-2)14-16(17)15-10-8-7-9-11-15;1-6-2-4-7(5-3-6)11(8,9)10/h15H,3-14H2,1-2H3;2-5H,1H3,(H,8,9,10)/q+1;/p-1. The van der Waals surface area contributed by atoms with Crippen molar-refractivity contribution in [1.29, 1.82) is 0 Å². The summed E-state index contributed by atoms with van der Waals surface area (Å²) in [6.07, 6.45) is 11.4. The van der Waals surface area contributed by atoms with E-state index in [9.17, 15) is 17.8 Å². The molecule has 1 aliphatic carbocycles. The van der Waals surface area contributed by atoms with Gasteiger partial charge in [-0.2, -0.15) is 0 Å². The molecule has 0 spiro atoms. The number of hydrogen-bond donors (Lipinski definition) is 0. The van der Waals surface area contributed by atoms with Gasteiger partial charge in [0, 0.05) is 5.92 Å². The number of carbonyl (C=O) groups is 1. The van der Waals surface area contributed by atoms with Gasteiger partial charge in [0.05, 0.1) is 4.90 Å². The van der Waals surface area contributed by atoms with Gasteiger partial charge < -0.3 is 4.55 Å². The minimum absolute atomic E-state index is 0.178. The molecule has 1 fully saturated rings. The molecule has 0 amide bonds. The van der Waals surface area contributed by atoms with Crippen LogP contribution in [0.5, 0.6) is 0 Å². The third-order valence-electron chi connectivity index (χ3n) is 5.29. The fourth-order valence-corrected chi connectivity index (χ4v) is 6.39. The monoisotopic (exact) mass is 442 g/mol. The van der Waals surface area contributed by atoms with Crippen LogP contribution < -0.4 is 0 Å². The van der Waals surface area contributed by atoms with Crippen LogP contribution in [0.3, 0.4) is 0 Å². The first-order valence-electron chi connectivity index (χ1n) is 11.0. The SMILES string of the molecule is CCCC[S+](CCCC)CC(=O)C1CCCCC1.Cc1ccc(S(=O)(=O)[O-])cc1. The lowest BCUT2D eigenvalue weighted by atomic mass is 9.87. The van der Waals surface area contributed by atoms with Crippen molar-refractivity contribution in [3.63, 3.8) is 0 Å². The molecule has 0 unspecified atom stereocenters. The molecule has 0 aromatic heterocycles. The molecular weight excluding hydrogens is 404 g/mol. The summed E-state index contributed by atoms with van der Waals surface area (Å²) < 4.78 is 31.2. The smallest absolute Gasteiger partial charge is 0.184 e. The van der Waals surface area contributed by atoms with E-state index in [1.807, 2.05) is 6.92 Å². The van der Waals surface area contributed by atoms with Crippen molar-refractivity contribution in [2.24, 2.45) is 5.92 Å². The van der Waals surface area contributed by atoms with Crippen LogP contribution in [0.15, 0.2) is 29.2 Å². The Bertz CT molecular complexity index is 669. The fraction of sp³-hybridized carbons (Fsp3) is 0.696. The predicted molar refractivity (Wildman–Crippen MR) is 123 cm³/mol. The summed E-state index contributed by atoms with van der Waals surface area (Å²) in [5.41, 5.74) is 0.928. The summed E-state index contributed by atoms with van der Waals surface area (Å²) >= 11 is 0. The van der Waals surface area contributed by atoms with E-state index in [1.54, 1.807) is 12.1 Å². The molecule has 1 aromatic carbocycles. The number of carbonyl (C=O) groups excluding carboxylic acids is 1. The highest BCUT2D eigenvalue weighted by Crippen LogP contribution is 2.25. The van der Waals surface area contributed by atoms with Crippen LogP contribution >= 0.6 is 0 Å². The molecule has 1 aliphatic rings. The molecule has 0 atom stereocenters. The quantitative estimate of drug-likeness (QED) is 0.366. The van der Waals surface area contributed by atoms with Gasteiger partial charge in [-0.05, 0) is 55.6 Å². The topological polar surface area (TPSA) is 74.3 Å². The van der Waals surface area contributed by atoms with Gasteiger partial charge in [0.1, 0.15) is 21.6 Å². The van der Waals surface area contributed by atoms with Crippen LogP contribution in [-0.4, -0.2) is 36.0 Å². The number of ketones is 1. The summed E-state index contributed by atoms with van der Waals surface area (Å²) in [5, 5.41) is 0. The molecule has 29 heavy (non-hydrogen) atoms. The van der Waals surface area contributed by atoms with Crippen molar-refractivity contribution in [2.75, 3.05) is 17.3 Å². The van der Waals surface area contributed by atoms with E-state index in [-0.39, 0.29) is 4.90 Å². The zero-order chi connectivity index (χ0) is 21.7. The predicted octanol–water partition coefficient (Wildman–Crippen LogP) is 5.25. The van der Waals surface area contributed by atoms with Crippen molar-refractivity contribution in [3.05, 3.63) is 29.8 Å². The largest absolute Gasteiger partial charge is 0.744 e. The van der Waals surface area contributed by atoms with Gasteiger partial charge in [0.15, 0.2) is 11.5 Å². The molecule has 1 aromatic rings. The Balaban J connectivity index is 0.000000326. The van der Waals surface area contributed by atoms with Crippen LogP contribution in [0.4, 0.5) is 0 Å². The first-order chi connectivity index (χ1) is 13.8. The van der Waals surface area contributed by atoms with Gasteiger partial charge >= 0.3 is 0 Å². The summed E-state index contributed by atoms with van der Waals surface area (Å²) in [4.78, 5) is 12.2. The molecule has 0 bridgehead atoms. The van der Waals surface area contributed by atoms with Crippen molar-refractivity contribution >= 4 is 26.8 Å². The number of Topliss-reactive ketones (excluding diaryl/α,β-unsaturated/α-hetero) is 1. The Kier molecular flexibility index (Phi) is 12.8. The fourth-order valence-electron chi connectivity index (χ4n) is 3.39. The summed E-state index contributed by atoms with van der Waals surface area (Å²) in [6, 6.07) is 5.78. The van der Waals surface area contributed by atoms with Gasteiger partial charge in [-0.15, -0.1) is 0 Å². The summed E-state index contributed by atoms with van der Waals surface area (Å²) in [7, 11) is -3.88. The first kappa shape index (κ1) is 26.2. The average molecular weight is 443 g/mol. The van der Waals surface area contributed by atoms with Gasteiger partial charge in [-0.1, -0.05) is 63.6 Å². The zero-order valence-corrected chi connectivity index (χ0v) is 20.0. The summed E-state index contributed by atoms with van der Waals surface area (Å²) in [5.74, 6) is 4.54. The Hall–Kier alpha value is -0.850. The van der Waals surface area contributed by atoms with Crippen molar-refractivity contribution in [3.8, 4) is 0 Å². The number of benzene rings is 1. The number of unbranched alkanes of at least 4 members (excludes halogenated alkanes) is 2. The van der Waals surface area contributed by atoms with Gasteiger partial charge in [-0.3, -0.25) is 4.79 Å². The lowest BCUT2D eigenvalue weighted by molar-refractivity contribution is -0.121. The molecule has 2 rings (SSSR count). The highest BCUT2D eigenvalue weighted by molar-refractivity contribution is 7.97. The van der Waals surface area contributed by atoms with Crippen molar-refractivity contribution in [1.82, 2.24) is 0 Å². The maximum Gasteiger partial charge on any atom is 0.184 e. The maximum atomic E-state index is 12.3. The molecule has 6 heteroatoms. The van der Waals surface area contributed by atoms with Gasteiger partial charge in [0.25, 0.3) is 0 Å². The molecule has 0 radical (unpaired) electrons. The highest BCUT2D eigenvalue weighted by Gasteiger charge is 2.28. The molecule has 4 nitrogen and oxygen atoms in total. The second-order valence-electron chi connectivity index (χ2n) is 7.94. The second-order valence-corrected chi connectivity index (χ2v) is 11.7. The van der Waals surface area contributed by atoms with Crippen molar-refractivity contribution in [2.45, 2.75) is 83.5 Å².